The molecule has 2 heteroatoms. The van der Waals surface area contributed by atoms with Gasteiger partial charge in [-0.25, -0.2) is 12.1 Å². The molecule has 0 saturated heterocycles. The third kappa shape index (κ3) is 7.55. The van der Waals surface area contributed by atoms with Crippen LogP contribution in [-0.2, 0) is 23.3 Å². The summed E-state index contributed by atoms with van der Waals surface area (Å²) in [6.07, 6.45) is 0. The zero-order chi connectivity index (χ0) is 15.9. The predicted molar refractivity (Wildman–Crippen MR) is 90.0 cm³/mol. The molecule has 0 aromatic heterocycles. The number of hydrogen-bond donors (Lipinski definition) is 0. The van der Waals surface area contributed by atoms with Gasteiger partial charge in [-0.1, -0.05) is 41.5 Å². The van der Waals surface area contributed by atoms with Gasteiger partial charge in [-0.3, -0.25) is 0 Å². The van der Waals surface area contributed by atoms with Crippen LogP contribution in [-0.4, -0.2) is 5.43 Å². The number of aryl methyl sites for hydroxylation is 4. The van der Waals surface area contributed by atoms with Gasteiger partial charge in [-0.2, -0.15) is 45.5 Å². The van der Waals surface area contributed by atoms with Gasteiger partial charge in [0.25, 0.3) is 0 Å². The Labute approximate surface area is 140 Å². The van der Waals surface area contributed by atoms with Gasteiger partial charge in [-0.15, -0.1) is 0 Å². The normalized spacial score (nSPS) is 9.30. The summed E-state index contributed by atoms with van der Waals surface area (Å²) in [5.41, 5.74) is 8.70. The van der Waals surface area contributed by atoms with E-state index in [1.54, 1.807) is 23.3 Å². The SMILES string of the molecule is C[Si](C)=[Zr+2].Cc1cc[c-](C)c1C.Cc1cc[c-](C)c1C. The Kier molecular flexibility index (Phi) is 9.59. The minimum atomic E-state index is 0.210. The van der Waals surface area contributed by atoms with Crippen LogP contribution in [0, 0.1) is 41.5 Å². The summed E-state index contributed by atoms with van der Waals surface area (Å²) in [5, 5.41) is 0. The van der Waals surface area contributed by atoms with E-state index in [0.717, 1.165) is 0 Å². The molecule has 0 heterocycles. The van der Waals surface area contributed by atoms with Crippen molar-refractivity contribution in [1.29, 1.82) is 0 Å². The van der Waals surface area contributed by atoms with Gasteiger partial charge < -0.3 is 0 Å². The van der Waals surface area contributed by atoms with Crippen molar-refractivity contribution in [3.8, 4) is 0 Å². The third-order valence-electron chi connectivity index (χ3n) is 3.53. The fraction of sp³-hybridized carbons (Fsp3) is 0.444. The molecule has 20 heavy (non-hydrogen) atoms. The van der Waals surface area contributed by atoms with E-state index in [9.17, 15) is 0 Å². The van der Waals surface area contributed by atoms with Crippen molar-refractivity contribution in [3.63, 3.8) is 0 Å². The van der Waals surface area contributed by atoms with Crippen LogP contribution in [0.1, 0.15) is 33.4 Å². The second-order valence-electron chi connectivity index (χ2n) is 5.65. The molecular formula is C18H28SiZr. The Morgan fingerprint density at radius 1 is 0.800 bits per heavy atom. The first-order valence-corrected chi connectivity index (χ1v) is 13.3. The van der Waals surface area contributed by atoms with Crippen molar-refractivity contribution >= 4 is 5.43 Å². The van der Waals surface area contributed by atoms with E-state index < -0.39 is 0 Å². The molecule has 0 nitrogen and oxygen atoms in total. The molecule has 2 aromatic rings. The third-order valence-corrected chi connectivity index (χ3v) is 3.53. The van der Waals surface area contributed by atoms with Crippen molar-refractivity contribution in [1.82, 2.24) is 0 Å². The summed E-state index contributed by atoms with van der Waals surface area (Å²) in [6.45, 7) is 17.5. The van der Waals surface area contributed by atoms with Gasteiger partial charge in [0.2, 0.25) is 0 Å². The smallest absolute Gasteiger partial charge is 0.0630 e. The van der Waals surface area contributed by atoms with Crippen LogP contribution in [0.2, 0.25) is 13.1 Å². The fourth-order valence-corrected chi connectivity index (χ4v) is 1.62. The first-order chi connectivity index (χ1) is 9.16. The van der Waals surface area contributed by atoms with E-state index in [4.69, 9.17) is 0 Å². The van der Waals surface area contributed by atoms with Gasteiger partial charge in [0.1, 0.15) is 0 Å². The molecule has 0 fully saturated rings. The molecule has 0 radical (unpaired) electrons. The van der Waals surface area contributed by atoms with Crippen molar-refractivity contribution in [2.75, 3.05) is 0 Å². The molecule has 0 spiro atoms. The zero-order valence-corrected chi connectivity index (χ0v) is 17.8. The van der Waals surface area contributed by atoms with Crippen LogP contribution >= 0.6 is 0 Å². The summed E-state index contributed by atoms with van der Waals surface area (Å²) >= 11 is 1.74. The standard InChI is InChI=1S/2C8H11.C2H6Si.Zr/c2*1-6-4-5-7(2)8(6)3;1-3-2;/h2*4-5H,1-3H3;1-2H3;/q2*-1;;+2. The van der Waals surface area contributed by atoms with Gasteiger partial charge in [-0.05, 0) is 0 Å². The second-order valence-corrected chi connectivity index (χ2v) is 15.0. The van der Waals surface area contributed by atoms with E-state index in [-0.39, 0.29) is 5.43 Å². The Hall–Kier alpha value is -0.200. The first kappa shape index (κ1) is 19.8. The maximum absolute atomic E-state index is 2.31. The second kappa shape index (κ2) is 9.68. The average Bonchev–Trinajstić information content (AvgIpc) is 2.80. The molecule has 0 aliphatic rings. The molecule has 0 bridgehead atoms. The maximum atomic E-state index is 2.31. The van der Waals surface area contributed by atoms with Crippen LogP contribution in [0.15, 0.2) is 24.3 Å². The van der Waals surface area contributed by atoms with E-state index in [1.807, 2.05) is 0 Å². The van der Waals surface area contributed by atoms with E-state index in [0.29, 0.717) is 0 Å². The molecule has 0 aliphatic carbocycles. The van der Waals surface area contributed by atoms with Crippen molar-refractivity contribution < 1.29 is 23.3 Å². The molecule has 0 saturated carbocycles. The molecule has 0 N–H and O–H groups in total. The molecule has 0 aliphatic heterocycles. The molecular weight excluding hydrogens is 336 g/mol. The summed E-state index contributed by atoms with van der Waals surface area (Å²) in [4.78, 5) is 0. The Morgan fingerprint density at radius 3 is 1.10 bits per heavy atom. The van der Waals surface area contributed by atoms with Gasteiger partial charge in [0, 0.05) is 0 Å². The fourth-order valence-electron chi connectivity index (χ4n) is 1.62. The molecule has 0 atom stereocenters. The zero-order valence-electron chi connectivity index (χ0n) is 14.3. The molecule has 0 amide bonds. The van der Waals surface area contributed by atoms with Crippen molar-refractivity contribution in [3.05, 3.63) is 57.6 Å². The molecule has 0 unspecified atom stereocenters. The van der Waals surface area contributed by atoms with Crippen molar-refractivity contribution in [2.24, 2.45) is 0 Å². The Balaban J connectivity index is 0.000000289. The molecule has 2 aromatic carbocycles. The minimum absolute atomic E-state index is 0.210. The van der Waals surface area contributed by atoms with E-state index >= 15 is 0 Å². The van der Waals surface area contributed by atoms with Crippen LogP contribution in [0.5, 0.6) is 0 Å². The van der Waals surface area contributed by atoms with E-state index in [1.165, 1.54) is 33.4 Å². The largest absolute Gasteiger partial charge is 0.210 e. The Morgan fingerprint density at radius 2 is 1.05 bits per heavy atom. The van der Waals surface area contributed by atoms with Crippen LogP contribution in [0.4, 0.5) is 0 Å². The van der Waals surface area contributed by atoms with Crippen molar-refractivity contribution in [2.45, 2.75) is 54.6 Å². The quantitative estimate of drug-likeness (QED) is 0.431. The first-order valence-electron chi connectivity index (χ1n) is 7.07. The van der Waals surface area contributed by atoms with E-state index in [2.05, 4.69) is 78.9 Å². The minimum Gasteiger partial charge on any atom is -0.210 e. The number of rotatable bonds is 0. The monoisotopic (exact) mass is 362 g/mol. The molecule has 2 rings (SSSR count). The average molecular weight is 364 g/mol. The van der Waals surface area contributed by atoms with Gasteiger partial charge in [0.05, 0.1) is 0 Å². The summed E-state index contributed by atoms with van der Waals surface area (Å²) in [5.74, 6) is 0. The van der Waals surface area contributed by atoms with Crippen LogP contribution < -0.4 is 0 Å². The molecule has 108 valence electrons. The topological polar surface area (TPSA) is 0 Å². The summed E-state index contributed by atoms with van der Waals surface area (Å²) in [7, 11) is 0. The number of hydrogen-bond acceptors (Lipinski definition) is 0. The van der Waals surface area contributed by atoms with Crippen LogP contribution in [0.25, 0.3) is 0 Å². The van der Waals surface area contributed by atoms with Crippen LogP contribution in [0.3, 0.4) is 0 Å². The Bertz CT molecular complexity index is 457. The maximum Gasteiger partial charge on any atom is -0.0630 e. The predicted octanol–water partition coefficient (Wildman–Crippen LogP) is 5.45. The summed E-state index contributed by atoms with van der Waals surface area (Å²) < 4.78 is 0. The van der Waals surface area contributed by atoms with Gasteiger partial charge >= 0.3 is 41.9 Å². The summed E-state index contributed by atoms with van der Waals surface area (Å²) in [6, 6.07) is 8.63. The van der Waals surface area contributed by atoms with Gasteiger partial charge in [0.15, 0.2) is 0 Å².